The van der Waals surface area contributed by atoms with Gasteiger partial charge in [0.25, 0.3) is 0 Å². The van der Waals surface area contributed by atoms with Crippen LogP contribution in [0.2, 0.25) is 0 Å². The van der Waals surface area contributed by atoms with E-state index < -0.39 is 0 Å². The molecule has 1 aromatic heterocycles. The van der Waals surface area contributed by atoms with Gasteiger partial charge in [0.2, 0.25) is 5.91 Å². The zero-order valence-electron chi connectivity index (χ0n) is 12.5. The summed E-state index contributed by atoms with van der Waals surface area (Å²) in [5.74, 6) is -0.0522. The number of benzene rings is 2. The second-order valence-electron chi connectivity index (χ2n) is 5.20. The Bertz CT molecular complexity index is 844. The third-order valence-electron chi connectivity index (χ3n) is 3.32. The van der Waals surface area contributed by atoms with Crippen LogP contribution in [0.5, 0.6) is 0 Å². The molecule has 0 bridgehead atoms. The molecule has 0 atom stereocenters. The van der Waals surface area contributed by atoms with E-state index in [4.69, 9.17) is 0 Å². The lowest BCUT2D eigenvalue weighted by Gasteiger charge is -2.04. The number of anilines is 1. The normalized spacial score (nSPS) is 10.5. The number of rotatable bonds is 4. The number of amides is 1. The van der Waals surface area contributed by atoms with Gasteiger partial charge in [-0.3, -0.25) is 4.79 Å². The summed E-state index contributed by atoms with van der Waals surface area (Å²) in [5.41, 5.74) is 3.86. The van der Waals surface area contributed by atoms with Gasteiger partial charge in [0, 0.05) is 21.1 Å². The Morgan fingerprint density at radius 1 is 1.22 bits per heavy atom. The molecule has 0 saturated carbocycles. The Labute approximate surface area is 147 Å². The zero-order chi connectivity index (χ0) is 16.2. The molecule has 1 heterocycles. The lowest BCUT2D eigenvalue weighted by Crippen LogP contribution is -2.14. The topological polar surface area (TPSA) is 42.0 Å². The molecule has 0 aliphatic rings. The fourth-order valence-corrected chi connectivity index (χ4v) is 3.53. The molecular weight excluding hydrogens is 372 g/mol. The molecule has 2 aromatic carbocycles. The lowest BCUT2D eigenvalue weighted by atomic mass is 10.2. The minimum absolute atomic E-state index is 0.0522. The highest BCUT2D eigenvalue weighted by atomic mass is 79.9. The molecule has 0 fully saturated rings. The van der Waals surface area contributed by atoms with Gasteiger partial charge in [-0.05, 0) is 30.7 Å². The Morgan fingerprint density at radius 2 is 2.04 bits per heavy atom. The molecule has 5 heteroatoms. The van der Waals surface area contributed by atoms with Gasteiger partial charge in [-0.25, -0.2) is 4.98 Å². The van der Waals surface area contributed by atoms with Gasteiger partial charge in [0.1, 0.15) is 5.01 Å². The predicted molar refractivity (Wildman–Crippen MR) is 98.8 cm³/mol. The van der Waals surface area contributed by atoms with Crippen molar-refractivity contribution in [1.82, 2.24) is 4.98 Å². The number of aryl methyl sites for hydroxylation is 1. The van der Waals surface area contributed by atoms with Crippen LogP contribution in [0, 0.1) is 6.92 Å². The monoisotopic (exact) mass is 386 g/mol. The van der Waals surface area contributed by atoms with Gasteiger partial charge in [-0.15, -0.1) is 11.3 Å². The molecule has 0 spiro atoms. The molecule has 3 aromatic rings. The SMILES string of the molecule is Cc1cccc(NC(=O)Cc2nc(-c3ccccc3Br)cs2)c1. The summed E-state index contributed by atoms with van der Waals surface area (Å²) in [5, 5.41) is 5.70. The number of nitrogens with zero attached hydrogens (tertiary/aromatic N) is 1. The summed E-state index contributed by atoms with van der Waals surface area (Å²) in [6, 6.07) is 15.7. The van der Waals surface area contributed by atoms with Crippen LogP contribution in [-0.4, -0.2) is 10.9 Å². The summed E-state index contributed by atoms with van der Waals surface area (Å²) in [6.07, 6.45) is 0.281. The number of carbonyl (C=O) groups excluding carboxylic acids is 1. The first kappa shape index (κ1) is 15.9. The van der Waals surface area contributed by atoms with Crippen molar-refractivity contribution in [2.75, 3.05) is 5.32 Å². The van der Waals surface area contributed by atoms with Crippen molar-refractivity contribution in [3.05, 3.63) is 69.0 Å². The number of hydrogen-bond acceptors (Lipinski definition) is 3. The van der Waals surface area contributed by atoms with Gasteiger partial charge in [-0.1, -0.05) is 46.3 Å². The summed E-state index contributed by atoms with van der Waals surface area (Å²) in [7, 11) is 0. The zero-order valence-corrected chi connectivity index (χ0v) is 14.9. The van der Waals surface area contributed by atoms with E-state index in [9.17, 15) is 4.79 Å². The molecule has 116 valence electrons. The Morgan fingerprint density at radius 3 is 2.83 bits per heavy atom. The van der Waals surface area contributed by atoms with Gasteiger partial charge in [0.05, 0.1) is 12.1 Å². The van der Waals surface area contributed by atoms with E-state index in [0.717, 1.165) is 32.0 Å². The molecule has 0 aliphatic carbocycles. The van der Waals surface area contributed by atoms with Crippen molar-refractivity contribution >= 4 is 38.9 Å². The fraction of sp³-hybridized carbons (Fsp3) is 0.111. The summed E-state index contributed by atoms with van der Waals surface area (Å²) in [6.45, 7) is 2.00. The van der Waals surface area contributed by atoms with E-state index >= 15 is 0 Å². The molecule has 0 radical (unpaired) electrons. The largest absolute Gasteiger partial charge is 0.326 e. The lowest BCUT2D eigenvalue weighted by molar-refractivity contribution is -0.115. The summed E-state index contributed by atoms with van der Waals surface area (Å²) < 4.78 is 1.00. The Hall–Kier alpha value is -1.98. The van der Waals surface area contributed by atoms with E-state index in [-0.39, 0.29) is 12.3 Å². The van der Waals surface area contributed by atoms with Crippen molar-refractivity contribution in [3.8, 4) is 11.3 Å². The van der Waals surface area contributed by atoms with E-state index in [1.807, 2.05) is 60.8 Å². The number of halogens is 1. The summed E-state index contributed by atoms with van der Waals surface area (Å²) in [4.78, 5) is 16.7. The predicted octanol–water partition coefficient (Wildman–Crippen LogP) is 5.06. The fourth-order valence-electron chi connectivity index (χ4n) is 2.25. The Balaban J connectivity index is 1.69. The minimum atomic E-state index is -0.0522. The smallest absolute Gasteiger partial charge is 0.231 e. The highest BCUT2D eigenvalue weighted by Gasteiger charge is 2.11. The summed E-state index contributed by atoms with van der Waals surface area (Å²) >= 11 is 5.03. The molecule has 0 unspecified atom stereocenters. The quantitative estimate of drug-likeness (QED) is 0.680. The average Bonchev–Trinajstić information content (AvgIpc) is 2.95. The molecule has 0 saturated heterocycles. The Kier molecular flexibility index (Phi) is 4.88. The van der Waals surface area contributed by atoms with Crippen LogP contribution >= 0.6 is 27.3 Å². The highest BCUT2D eigenvalue weighted by molar-refractivity contribution is 9.10. The van der Waals surface area contributed by atoms with Crippen LogP contribution < -0.4 is 5.32 Å². The van der Waals surface area contributed by atoms with Crippen LogP contribution in [-0.2, 0) is 11.2 Å². The maximum atomic E-state index is 12.2. The van der Waals surface area contributed by atoms with Crippen molar-refractivity contribution in [3.63, 3.8) is 0 Å². The van der Waals surface area contributed by atoms with Gasteiger partial charge in [0.15, 0.2) is 0 Å². The maximum absolute atomic E-state index is 12.2. The molecule has 1 N–H and O–H groups in total. The van der Waals surface area contributed by atoms with Crippen LogP contribution in [0.4, 0.5) is 5.69 Å². The molecule has 3 nitrogen and oxygen atoms in total. The third kappa shape index (κ3) is 4.06. The van der Waals surface area contributed by atoms with E-state index in [1.54, 1.807) is 0 Å². The van der Waals surface area contributed by atoms with Crippen LogP contribution in [0.1, 0.15) is 10.6 Å². The standard InChI is InChI=1S/C18H15BrN2OS/c1-12-5-4-6-13(9-12)20-17(22)10-18-21-16(11-23-18)14-7-2-3-8-15(14)19/h2-9,11H,10H2,1H3,(H,20,22). The molecular formula is C18H15BrN2OS. The maximum Gasteiger partial charge on any atom is 0.231 e. The first-order valence-electron chi connectivity index (χ1n) is 7.17. The van der Waals surface area contributed by atoms with Crippen LogP contribution in [0.3, 0.4) is 0 Å². The van der Waals surface area contributed by atoms with Crippen molar-refractivity contribution in [1.29, 1.82) is 0 Å². The van der Waals surface area contributed by atoms with E-state index in [1.165, 1.54) is 11.3 Å². The second-order valence-corrected chi connectivity index (χ2v) is 7.00. The van der Waals surface area contributed by atoms with E-state index in [2.05, 4.69) is 26.2 Å². The number of hydrogen-bond donors (Lipinski definition) is 1. The molecule has 23 heavy (non-hydrogen) atoms. The van der Waals surface area contributed by atoms with Gasteiger partial charge >= 0.3 is 0 Å². The second kappa shape index (κ2) is 7.06. The first-order chi connectivity index (χ1) is 11.1. The van der Waals surface area contributed by atoms with Crippen LogP contribution in [0.25, 0.3) is 11.3 Å². The number of nitrogens with one attached hydrogen (secondary N) is 1. The molecule has 0 aliphatic heterocycles. The van der Waals surface area contributed by atoms with E-state index in [0.29, 0.717) is 0 Å². The average molecular weight is 387 g/mol. The van der Waals surface area contributed by atoms with Gasteiger partial charge < -0.3 is 5.32 Å². The van der Waals surface area contributed by atoms with Crippen LogP contribution in [0.15, 0.2) is 58.4 Å². The van der Waals surface area contributed by atoms with Crippen molar-refractivity contribution in [2.24, 2.45) is 0 Å². The molecule has 1 amide bonds. The van der Waals surface area contributed by atoms with Crippen molar-refractivity contribution in [2.45, 2.75) is 13.3 Å². The van der Waals surface area contributed by atoms with Crippen molar-refractivity contribution < 1.29 is 4.79 Å². The minimum Gasteiger partial charge on any atom is -0.326 e. The first-order valence-corrected chi connectivity index (χ1v) is 8.85. The van der Waals surface area contributed by atoms with Gasteiger partial charge in [-0.2, -0.15) is 0 Å². The highest BCUT2D eigenvalue weighted by Crippen LogP contribution is 2.29. The molecule has 3 rings (SSSR count). The number of carbonyl (C=O) groups is 1. The number of thiazole rings is 1. The number of aromatic nitrogens is 1. The third-order valence-corrected chi connectivity index (χ3v) is 4.86.